The molecule has 3 N–H and O–H groups in total. The van der Waals surface area contributed by atoms with Crippen LogP contribution in [0.3, 0.4) is 0 Å². The number of carbonyl (C=O) groups is 1. The molecule has 0 aliphatic rings. The molecule has 0 bridgehead atoms. The van der Waals surface area contributed by atoms with E-state index in [-0.39, 0.29) is 11.9 Å². The van der Waals surface area contributed by atoms with E-state index in [0.717, 1.165) is 0 Å². The predicted molar refractivity (Wildman–Crippen MR) is 95.6 cm³/mol. The van der Waals surface area contributed by atoms with E-state index >= 15 is 0 Å². The molecule has 0 aliphatic heterocycles. The molecule has 0 radical (unpaired) electrons. The van der Waals surface area contributed by atoms with Crippen molar-refractivity contribution < 1.29 is 10.1 Å². The van der Waals surface area contributed by atoms with Gasteiger partial charge in [-0.1, -0.05) is 55.8 Å². The number of rotatable bonds is 6. The van der Waals surface area contributed by atoms with E-state index in [0.29, 0.717) is 28.7 Å². The Bertz CT molecular complexity index is 738. The van der Waals surface area contributed by atoms with E-state index in [1.807, 2.05) is 29.6 Å². The van der Waals surface area contributed by atoms with Gasteiger partial charge >= 0.3 is 0 Å². The monoisotopic (exact) mass is 342 g/mol. The summed E-state index contributed by atoms with van der Waals surface area (Å²) in [7, 11) is 0. The summed E-state index contributed by atoms with van der Waals surface area (Å²) in [4.78, 5) is 12.2. The number of nitriles is 1. The zero-order chi connectivity index (χ0) is 17.5. The van der Waals surface area contributed by atoms with Gasteiger partial charge in [-0.05, 0) is 18.2 Å². The Morgan fingerprint density at radius 1 is 1.25 bits per heavy atom. The number of quaternary nitrogens is 1. The molecule has 1 amide bonds. The highest BCUT2D eigenvalue weighted by Gasteiger charge is 2.20. The third-order valence-electron chi connectivity index (χ3n) is 3.83. The first kappa shape index (κ1) is 18.0. The van der Waals surface area contributed by atoms with Crippen molar-refractivity contribution >= 4 is 23.2 Å². The number of hydrogen-bond donors (Lipinski definition) is 2. The second kappa shape index (κ2) is 8.49. The number of nitrogens with two attached hydrogens (primary N) is 1. The second-order valence-electron chi connectivity index (χ2n) is 5.97. The van der Waals surface area contributed by atoms with E-state index in [4.69, 9.17) is 16.9 Å². The van der Waals surface area contributed by atoms with Gasteiger partial charge in [0.1, 0.15) is 12.1 Å². The van der Waals surface area contributed by atoms with E-state index in [9.17, 15) is 4.79 Å². The SMILES string of the molecule is CC(C)[C@H]([NH2+]CC(=O)Nc1ccc(C#N)c(Cl)c1)c1ccccc1. The molecule has 1 atom stereocenters. The molecule has 5 heteroatoms. The first-order chi connectivity index (χ1) is 11.5. The van der Waals surface area contributed by atoms with Gasteiger partial charge in [-0.25, -0.2) is 0 Å². The normalized spacial score (nSPS) is 11.8. The van der Waals surface area contributed by atoms with Crippen molar-refractivity contribution in [1.29, 1.82) is 5.26 Å². The Morgan fingerprint density at radius 2 is 1.96 bits per heavy atom. The summed E-state index contributed by atoms with van der Waals surface area (Å²) in [6.45, 7) is 4.61. The molecule has 0 saturated heterocycles. The lowest BCUT2D eigenvalue weighted by Gasteiger charge is -2.19. The van der Waals surface area contributed by atoms with Crippen LogP contribution in [0.5, 0.6) is 0 Å². The summed E-state index contributed by atoms with van der Waals surface area (Å²) in [5, 5.41) is 14.1. The van der Waals surface area contributed by atoms with Gasteiger partial charge in [-0.2, -0.15) is 5.26 Å². The van der Waals surface area contributed by atoms with Crippen molar-refractivity contribution in [2.24, 2.45) is 5.92 Å². The molecule has 0 spiro atoms. The molecule has 24 heavy (non-hydrogen) atoms. The number of benzene rings is 2. The summed E-state index contributed by atoms with van der Waals surface area (Å²) < 4.78 is 0. The molecule has 2 aromatic rings. The number of nitrogens with one attached hydrogen (secondary N) is 1. The lowest BCUT2D eigenvalue weighted by Crippen LogP contribution is -2.88. The fourth-order valence-electron chi connectivity index (χ4n) is 2.60. The molecule has 2 rings (SSSR count). The average molecular weight is 343 g/mol. The lowest BCUT2D eigenvalue weighted by atomic mass is 9.96. The zero-order valence-electron chi connectivity index (χ0n) is 13.8. The molecule has 0 aromatic heterocycles. The highest BCUT2D eigenvalue weighted by molar-refractivity contribution is 6.32. The van der Waals surface area contributed by atoms with Crippen LogP contribution in [0.1, 0.15) is 31.0 Å². The maximum Gasteiger partial charge on any atom is 0.279 e. The van der Waals surface area contributed by atoms with E-state index < -0.39 is 0 Å². The van der Waals surface area contributed by atoms with Crippen LogP contribution in [0, 0.1) is 17.2 Å². The Morgan fingerprint density at radius 3 is 2.54 bits per heavy atom. The average Bonchev–Trinajstić information content (AvgIpc) is 2.56. The van der Waals surface area contributed by atoms with E-state index in [1.54, 1.807) is 18.2 Å². The third kappa shape index (κ3) is 4.82. The largest absolute Gasteiger partial charge is 0.332 e. The molecule has 0 aliphatic carbocycles. The van der Waals surface area contributed by atoms with Crippen LogP contribution in [0.2, 0.25) is 5.02 Å². The number of anilines is 1. The number of carbonyl (C=O) groups excluding carboxylic acids is 1. The molecular formula is C19H21ClN3O+. The summed E-state index contributed by atoms with van der Waals surface area (Å²) >= 11 is 5.98. The van der Waals surface area contributed by atoms with Gasteiger partial charge in [0.05, 0.1) is 10.6 Å². The van der Waals surface area contributed by atoms with Gasteiger partial charge in [0.25, 0.3) is 5.91 Å². The molecule has 2 aromatic carbocycles. The van der Waals surface area contributed by atoms with Crippen molar-refractivity contribution in [3.63, 3.8) is 0 Å². The minimum absolute atomic E-state index is 0.0997. The minimum atomic E-state index is -0.0997. The van der Waals surface area contributed by atoms with Crippen LogP contribution in [-0.4, -0.2) is 12.5 Å². The fraction of sp³-hybridized carbons (Fsp3) is 0.263. The molecule has 124 valence electrons. The molecule has 0 unspecified atom stereocenters. The number of hydrogen-bond acceptors (Lipinski definition) is 2. The van der Waals surface area contributed by atoms with Crippen LogP contribution in [-0.2, 0) is 4.79 Å². The van der Waals surface area contributed by atoms with Gasteiger partial charge in [0.15, 0.2) is 6.54 Å². The van der Waals surface area contributed by atoms with Gasteiger partial charge in [0.2, 0.25) is 0 Å². The highest BCUT2D eigenvalue weighted by atomic mass is 35.5. The predicted octanol–water partition coefficient (Wildman–Crippen LogP) is 3.11. The highest BCUT2D eigenvalue weighted by Crippen LogP contribution is 2.20. The first-order valence-electron chi connectivity index (χ1n) is 7.89. The van der Waals surface area contributed by atoms with Crippen LogP contribution >= 0.6 is 11.6 Å². The van der Waals surface area contributed by atoms with Gasteiger partial charge < -0.3 is 10.6 Å². The van der Waals surface area contributed by atoms with Gasteiger partial charge in [-0.3, -0.25) is 4.79 Å². The van der Waals surface area contributed by atoms with E-state index in [1.165, 1.54) is 5.56 Å². The van der Waals surface area contributed by atoms with Crippen LogP contribution in [0.15, 0.2) is 48.5 Å². The molecule has 0 fully saturated rings. The number of halogens is 1. The molecule has 4 nitrogen and oxygen atoms in total. The molecular weight excluding hydrogens is 322 g/mol. The topological polar surface area (TPSA) is 69.5 Å². The van der Waals surface area contributed by atoms with Crippen molar-refractivity contribution in [2.45, 2.75) is 19.9 Å². The fourth-order valence-corrected chi connectivity index (χ4v) is 2.82. The molecule has 0 heterocycles. The maximum absolute atomic E-state index is 12.2. The van der Waals surface area contributed by atoms with Crippen LogP contribution in [0.4, 0.5) is 5.69 Å². The van der Waals surface area contributed by atoms with Crippen molar-refractivity contribution in [1.82, 2.24) is 0 Å². The zero-order valence-corrected chi connectivity index (χ0v) is 14.5. The second-order valence-corrected chi connectivity index (χ2v) is 6.38. The minimum Gasteiger partial charge on any atom is -0.332 e. The van der Waals surface area contributed by atoms with Crippen LogP contribution in [0.25, 0.3) is 0 Å². The number of amides is 1. The van der Waals surface area contributed by atoms with Gasteiger partial charge in [0, 0.05) is 17.2 Å². The smallest absolute Gasteiger partial charge is 0.279 e. The Kier molecular flexibility index (Phi) is 6.36. The summed E-state index contributed by atoms with van der Waals surface area (Å²) in [5.74, 6) is 0.307. The Balaban J connectivity index is 1.97. The molecule has 0 saturated carbocycles. The first-order valence-corrected chi connectivity index (χ1v) is 8.27. The van der Waals surface area contributed by atoms with Crippen molar-refractivity contribution in [2.75, 3.05) is 11.9 Å². The summed E-state index contributed by atoms with van der Waals surface area (Å²) in [6, 6.07) is 17.3. The lowest BCUT2D eigenvalue weighted by molar-refractivity contribution is -0.692. The van der Waals surface area contributed by atoms with Crippen LogP contribution < -0.4 is 10.6 Å². The quantitative estimate of drug-likeness (QED) is 0.846. The van der Waals surface area contributed by atoms with E-state index in [2.05, 4.69) is 31.3 Å². The standard InChI is InChI=1S/C19H20ClN3O/c1-13(2)19(14-6-4-3-5-7-14)22-12-18(24)23-16-9-8-15(11-21)17(20)10-16/h3-10,13,19,22H,12H2,1-2H3,(H,23,24)/p+1/t19-/m0/s1. The van der Waals surface area contributed by atoms with Gasteiger partial charge in [-0.15, -0.1) is 0 Å². The Hall–Kier alpha value is -2.35. The Labute approximate surface area is 147 Å². The number of nitrogens with zero attached hydrogens (tertiary/aromatic N) is 1. The third-order valence-corrected chi connectivity index (χ3v) is 4.15. The van der Waals surface area contributed by atoms with Crippen molar-refractivity contribution in [3.8, 4) is 6.07 Å². The maximum atomic E-state index is 12.2. The summed E-state index contributed by atoms with van der Waals surface area (Å²) in [6.07, 6.45) is 0. The summed E-state index contributed by atoms with van der Waals surface area (Å²) in [5.41, 5.74) is 2.20. The van der Waals surface area contributed by atoms with Crippen molar-refractivity contribution in [3.05, 3.63) is 64.7 Å².